The van der Waals surface area contributed by atoms with Gasteiger partial charge in [0.15, 0.2) is 0 Å². The van der Waals surface area contributed by atoms with Gasteiger partial charge in [-0.15, -0.1) is 0 Å². The number of ether oxygens (including phenoxy) is 2. The van der Waals surface area contributed by atoms with Gasteiger partial charge in [-0.1, -0.05) is 0 Å². The first kappa shape index (κ1) is 11.8. The average Bonchev–Trinajstić information content (AvgIpc) is 2.71. The van der Waals surface area contributed by atoms with Crippen molar-refractivity contribution in [1.29, 1.82) is 0 Å². The summed E-state index contributed by atoms with van der Waals surface area (Å²) in [5.41, 5.74) is 2.30. The highest BCUT2D eigenvalue weighted by Crippen LogP contribution is 2.47. The minimum atomic E-state index is -0.896. The van der Waals surface area contributed by atoms with Gasteiger partial charge in [0.2, 0.25) is 0 Å². The lowest BCUT2D eigenvalue weighted by molar-refractivity contribution is 0.0734. The van der Waals surface area contributed by atoms with Crippen LogP contribution in [-0.4, -0.2) is 17.3 Å². The first-order valence-electron chi connectivity index (χ1n) is 6.61. The first-order chi connectivity index (χ1) is 8.36. The van der Waals surface area contributed by atoms with Crippen LogP contribution < -0.4 is 9.47 Å². The molecule has 18 heavy (non-hydrogen) atoms. The van der Waals surface area contributed by atoms with E-state index in [9.17, 15) is 5.11 Å². The van der Waals surface area contributed by atoms with Crippen LogP contribution in [-0.2, 0) is 18.4 Å². The van der Waals surface area contributed by atoms with Crippen LogP contribution in [0.5, 0.6) is 11.5 Å². The summed E-state index contributed by atoms with van der Waals surface area (Å²) in [5, 5.41) is 10.5. The standard InChI is InChI=1S/C15H20O3/c1-8-5-10-7-12-11(6-9(2)17-12)13(14(10)18-8)15(3,4)16/h7-9,16H,5-6H2,1-4H3. The maximum absolute atomic E-state index is 10.5. The number of fused-ring (bicyclic) bond motifs is 2. The number of rotatable bonds is 1. The van der Waals surface area contributed by atoms with Crippen LogP contribution in [0.2, 0.25) is 0 Å². The van der Waals surface area contributed by atoms with E-state index in [1.54, 1.807) is 0 Å². The van der Waals surface area contributed by atoms with Gasteiger partial charge in [-0.25, -0.2) is 0 Å². The van der Waals surface area contributed by atoms with Gasteiger partial charge >= 0.3 is 0 Å². The molecular weight excluding hydrogens is 228 g/mol. The Balaban J connectivity index is 2.22. The summed E-state index contributed by atoms with van der Waals surface area (Å²) in [6, 6.07) is 2.09. The lowest BCUT2D eigenvalue weighted by atomic mass is 9.88. The second kappa shape index (κ2) is 3.64. The predicted molar refractivity (Wildman–Crippen MR) is 69.3 cm³/mol. The molecule has 3 nitrogen and oxygen atoms in total. The molecule has 1 N–H and O–H groups in total. The zero-order valence-electron chi connectivity index (χ0n) is 11.4. The average molecular weight is 248 g/mol. The van der Waals surface area contributed by atoms with Crippen molar-refractivity contribution in [1.82, 2.24) is 0 Å². The predicted octanol–water partition coefficient (Wildman–Crippen LogP) is 2.56. The molecule has 0 radical (unpaired) electrons. The molecule has 3 rings (SSSR count). The molecule has 1 aromatic rings. The summed E-state index contributed by atoms with van der Waals surface area (Å²) in [4.78, 5) is 0. The number of aliphatic hydroxyl groups is 1. The molecule has 1 aromatic carbocycles. The van der Waals surface area contributed by atoms with E-state index < -0.39 is 5.60 Å². The summed E-state index contributed by atoms with van der Waals surface area (Å²) in [7, 11) is 0. The minimum absolute atomic E-state index is 0.182. The van der Waals surface area contributed by atoms with Gasteiger partial charge in [-0.2, -0.15) is 0 Å². The highest BCUT2D eigenvalue weighted by molar-refractivity contribution is 5.59. The molecule has 2 atom stereocenters. The summed E-state index contributed by atoms with van der Waals surface area (Å²) in [5.74, 6) is 1.81. The fourth-order valence-corrected chi connectivity index (χ4v) is 3.07. The van der Waals surface area contributed by atoms with Crippen LogP contribution in [0.25, 0.3) is 0 Å². The Hall–Kier alpha value is -1.22. The molecule has 0 aliphatic carbocycles. The molecule has 3 heteroatoms. The molecular formula is C15H20O3. The summed E-state index contributed by atoms with van der Waals surface area (Å²) in [6.07, 6.45) is 2.10. The molecule has 0 saturated heterocycles. The van der Waals surface area contributed by atoms with Crippen molar-refractivity contribution in [2.45, 2.75) is 58.3 Å². The maximum Gasteiger partial charge on any atom is 0.129 e. The number of hydrogen-bond donors (Lipinski definition) is 1. The Morgan fingerprint density at radius 1 is 1.17 bits per heavy atom. The van der Waals surface area contributed by atoms with Gasteiger partial charge in [-0.3, -0.25) is 0 Å². The molecule has 2 aliphatic heterocycles. The van der Waals surface area contributed by atoms with Crippen LogP contribution in [0.4, 0.5) is 0 Å². The minimum Gasteiger partial charge on any atom is -0.490 e. The summed E-state index contributed by atoms with van der Waals surface area (Å²) in [6.45, 7) is 7.75. The molecule has 0 saturated carbocycles. The van der Waals surface area contributed by atoms with Crippen molar-refractivity contribution >= 4 is 0 Å². The second-order valence-electron chi connectivity index (χ2n) is 6.04. The molecule has 2 heterocycles. The van der Waals surface area contributed by atoms with Gasteiger partial charge in [0.05, 0.1) is 5.60 Å². The fraction of sp³-hybridized carbons (Fsp3) is 0.600. The third-order valence-electron chi connectivity index (χ3n) is 3.68. The van der Waals surface area contributed by atoms with Gasteiger partial charge in [0.1, 0.15) is 23.7 Å². The topological polar surface area (TPSA) is 38.7 Å². The lowest BCUT2D eigenvalue weighted by Gasteiger charge is -2.23. The zero-order valence-corrected chi connectivity index (χ0v) is 11.4. The fourth-order valence-electron chi connectivity index (χ4n) is 3.07. The van der Waals surface area contributed by atoms with E-state index in [-0.39, 0.29) is 12.2 Å². The van der Waals surface area contributed by atoms with Gasteiger partial charge in [-0.05, 0) is 33.8 Å². The zero-order chi connectivity index (χ0) is 13.1. The van der Waals surface area contributed by atoms with Gasteiger partial charge in [0.25, 0.3) is 0 Å². The molecule has 0 aromatic heterocycles. The normalized spacial score (nSPS) is 25.4. The second-order valence-corrected chi connectivity index (χ2v) is 6.04. The van der Waals surface area contributed by atoms with Gasteiger partial charge in [0, 0.05) is 29.5 Å². The van der Waals surface area contributed by atoms with Crippen LogP contribution >= 0.6 is 0 Å². The Labute approximate surface area is 108 Å². The molecule has 0 amide bonds. The monoisotopic (exact) mass is 248 g/mol. The number of hydrogen-bond acceptors (Lipinski definition) is 3. The van der Waals surface area contributed by atoms with Crippen LogP contribution in [0.3, 0.4) is 0 Å². The smallest absolute Gasteiger partial charge is 0.129 e. The van der Waals surface area contributed by atoms with E-state index in [2.05, 4.69) is 19.9 Å². The molecule has 2 unspecified atom stereocenters. The Morgan fingerprint density at radius 2 is 1.83 bits per heavy atom. The molecule has 98 valence electrons. The van der Waals surface area contributed by atoms with Crippen molar-refractivity contribution < 1.29 is 14.6 Å². The number of benzene rings is 1. The van der Waals surface area contributed by atoms with Crippen molar-refractivity contribution in [2.24, 2.45) is 0 Å². The summed E-state index contributed by atoms with van der Waals surface area (Å²) < 4.78 is 11.7. The van der Waals surface area contributed by atoms with E-state index in [1.807, 2.05) is 13.8 Å². The quantitative estimate of drug-likeness (QED) is 0.830. The third-order valence-corrected chi connectivity index (χ3v) is 3.68. The highest BCUT2D eigenvalue weighted by Gasteiger charge is 2.36. The van der Waals surface area contributed by atoms with Crippen molar-refractivity contribution in [3.63, 3.8) is 0 Å². The van der Waals surface area contributed by atoms with Crippen molar-refractivity contribution in [3.05, 3.63) is 22.8 Å². The summed E-state index contributed by atoms with van der Waals surface area (Å²) >= 11 is 0. The molecule has 0 bridgehead atoms. The van der Waals surface area contributed by atoms with Crippen LogP contribution in [0.1, 0.15) is 44.4 Å². The Kier molecular flexibility index (Phi) is 2.39. The Morgan fingerprint density at radius 3 is 2.50 bits per heavy atom. The van der Waals surface area contributed by atoms with E-state index in [0.717, 1.165) is 41.0 Å². The van der Waals surface area contributed by atoms with Crippen LogP contribution in [0.15, 0.2) is 6.07 Å². The van der Waals surface area contributed by atoms with Crippen molar-refractivity contribution in [2.75, 3.05) is 0 Å². The van der Waals surface area contributed by atoms with E-state index in [4.69, 9.17) is 9.47 Å². The maximum atomic E-state index is 10.5. The first-order valence-corrected chi connectivity index (χ1v) is 6.61. The molecule has 2 aliphatic rings. The van der Waals surface area contributed by atoms with Gasteiger partial charge < -0.3 is 14.6 Å². The lowest BCUT2D eigenvalue weighted by Crippen LogP contribution is -2.20. The molecule has 0 fully saturated rings. The van der Waals surface area contributed by atoms with Crippen molar-refractivity contribution in [3.8, 4) is 11.5 Å². The van der Waals surface area contributed by atoms with Crippen LogP contribution in [0, 0.1) is 0 Å². The third kappa shape index (κ3) is 1.69. The molecule has 0 spiro atoms. The SMILES string of the molecule is CC1Cc2c(cc3c(c2C(C)(C)O)OC(C)C3)O1. The largest absolute Gasteiger partial charge is 0.490 e. The van der Waals surface area contributed by atoms with E-state index >= 15 is 0 Å². The van der Waals surface area contributed by atoms with E-state index in [0.29, 0.717) is 0 Å². The van der Waals surface area contributed by atoms with E-state index in [1.165, 1.54) is 0 Å². The Bertz CT molecular complexity index is 463. The highest BCUT2D eigenvalue weighted by atomic mass is 16.5.